The van der Waals surface area contributed by atoms with E-state index in [4.69, 9.17) is 9.47 Å². The van der Waals surface area contributed by atoms with Crippen molar-refractivity contribution in [1.29, 1.82) is 0 Å². The molecule has 0 saturated heterocycles. The van der Waals surface area contributed by atoms with Gasteiger partial charge in [-0.1, -0.05) is 15.9 Å². The predicted octanol–water partition coefficient (Wildman–Crippen LogP) is 3.53. The third-order valence-corrected chi connectivity index (χ3v) is 6.20. The number of carbonyl (C=O) groups excluding carboxylic acids is 2. The van der Waals surface area contributed by atoms with E-state index in [1.165, 1.54) is 18.0 Å². The van der Waals surface area contributed by atoms with Crippen LogP contribution >= 0.6 is 27.3 Å². The maximum absolute atomic E-state index is 13.1. The second-order valence-electron chi connectivity index (χ2n) is 6.49. The number of hydrogen-bond donors (Lipinski definition) is 1. The Balaban J connectivity index is 1.87. The van der Waals surface area contributed by atoms with Gasteiger partial charge in [-0.2, -0.15) is 0 Å². The topological polar surface area (TPSA) is 99.5 Å². The van der Waals surface area contributed by atoms with Crippen molar-refractivity contribution in [2.45, 2.75) is 19.9 Å². The predicted molar refractivity (Wildman–Crippen MR) is 118 cm³/mol. The first-order chi connectivity index (χ1) is 14.3. The molecule has 1 unspecified atom stereocenters. The summed E-state index contributed by atoms with van der Waals surface area (Å²) in [5, 5.41) is 3.09. The minimum absolute atomic E-state index is 0.119. The number of nitrogens with one attached hydrogen (secondary N) is 1. The van der Waals surface area contributed by atoms with Crippen LogP contribution in [0.1, 0.15) is 28.2 Å². The molecule has 0 aliphatic rings. The lowest BCUT2D eigenvalue weighted by Gasteiger charge is -2.15. The van der Waals surface area contributed by atoms with Gasteiger partial charge in [0.25, 0.3) is 5.56 Å². The Morgan fingerprint density at radius 1 is 1.27 bits per heavy atom. The Morgan fingerprint density at radius 2 is 1.97 bits per heavy atom. The number of methoxy groups -OCH3 is 1. The molecule has 0 fully saturated rings. The molecule has 3 rings (SSSR count). The molecule has 0 spiro atoms. The first-order valence-corrected chi connectivity index (χ1v) is 10.7. The SMILES string of the molecule is COCCOC(=O)c1sc2ncn(C(C)C(=O)Nc3ccc(Br)cc3)c(=O)c2c1C. The summed E-state index contributed by atoms with van der Waals surface area (Å²) in [6.07, 6.45) is 1.33. The van der Waals surface area contributed by atoms with E-state index in [1.54, 1.807) is 26.0 Å². The number of nitrogens with zero attached hydrogens (tertiary/aromatic N) is 2. The van der Waals surface area contributed by atoms with E-state index in [1.807, 2.05) is 12.1 Å². The van der Waals surface area contributed by atoms with E-state index in [0.717, 1.165) is 15.8 Å². The van der Waals surface area contributed by atoms with E-state index < -0.39 is 12.0 Å². The lowest BCUT2D eigenvalue weighted by Crippen LogP contribution is -2.31. The highest BCUT2D eigenvalue weighted by atomic mass is 79.9. The van der Waals surface area contributed by atoms with E-state index in [0.29, 0.717) is 26.3 Å². The zero-order valence-corrected chi connectivity index (χ0v) is 19.0. The Labute approximate surface area is 185 Å². The molecule has 1 aromatic carbocycles. The van der Waals surface area contributed by atoms with Gasteiger partial charge in [0.2, 0.25) is 5.91 Å². The fourth-order valence-corrected chi connectivity index (χ4v) is 4.09. The summed E-state index contributed by atoms with van der Waals surface area (Å²) in [6, 6.07) is 6.33. The third kappa shape index (κ3) is 4.61. The van der Waals surface area contributed by atoms with Crippen molar-refractivity contribution < 1.29 is 19.1 Å². The van der Waals surface area contributed by atoms with Crippen LogP contribution in [0.2, 0.25) is 0 Å². The highest BCUT2D eigenvalue weighted by Gasteiger charge is 2.23. The van der Waals surface area contributed by atoms with Crippen LogP contribution < -0.4 is 10.9 Å². The first-order valence-electron chi connectivity index (χ1n) is 9.06. The van der Waals surface area contributed by atoms with Gasteiger partial charge in [0, 0.05) is 17.3 Å². The number of ether oxygens (including phenoxy) is 2. The number of amides is 1. The molecule has 10 heteroatoms. The Bertz CT molecular complexity index is 1140. The highest BCUT2D eigenvalue weighted by molar-refractivity contribution is 9.10. The molecule has 0 bridgehead atoms. The van der Waals surface area contributed by atoms with Crippen LogP contribution in [0, 0.1) is 6.92 Å². The Hall–Kier alpha value is -2.56. The number of hydrogen-bond acceptors (Lipinski definition) is 7. The molecule has 3 aromatic rings. The van der Waals surface area contributed by atoms with Crippen LogP contribution in [0.4, 0.5) is 5.69 Å². The quantitative estimate of drug-likeness (QED) is 0.399. The molecule has 0 aliphatic carbocycles. The van der Waals surface area contributed by atoms with Gasteiger partial charge in [-0.15, -0.1) is 11.3 Å². The second kappa shape index (κ2) is 9.50. The average molecular weight is 494 g/mol. The lowest BCUT2D eigenvalue weighted by molar-refractivity contribution is -0.118. The number of thiophene rings is 1. The van der Waals surface area contributed by atoms with Crippen molar-refractivity contribution in [1.82, 2.24) is 9.55 Å². The second-order valence-corrected chi connectivity index (χ2v) is 8.41. The summed E-state index contributed by atoms with van der Waals surface area (Å²) in [6.45, 7) is 3.69. The standard InChI is InChI=1S/C20H20BrN3O5S/c1-11-15-18(30-16(11)20(27)29-9-8-28-3)22-10-24(19(15)26)12(2)17(25)23-14-6-4-13(21)5-7-14/h4-7,10,12H,8-9H2,1-3H3,(H,23,25). The van der Waals surface area contributed by atoms with Crippen LogP contribution in [0.3, 0.4) is 0 Å². The maximum atomic E-state index is 13.1. The van der Waals surface area contributed by atoms with Crippen LogP contribution in [-0.4, -0.2) is 41.8 Å². The minimum Gasteiger partial charge on any atom is -0.459 e. The molecule has 2 heterocycles. The van der Waals surface area contributed by atoms with E-state index >= 15 is 0 Å². The Morgan fingerprint density at radius 3 is 2.63 bits per heavy atom. The van der Waals surface area contributed by atoms with Gasteiger partial charge in [0.05, 0.1) is 18.3 Å². The smallest absolute Gasteiger partial charge is 0.348 e. The fraction of sp³-hybridized carbons (Fsp3) is 0.300. The maximum Gasteiger partial charge on any atom is 0.348 e. The lowest BCUT2D eigenvalue weighted by atomic mass is 10.2. The monoisotopic (exact) mass is 493 g/mol. The van der Waals surface area contributed by atoms with Crippen LogP contribution in [0.25, 0.3) is 10.2 Å². The number of halogens is 1. The zero-order valence-electron chi connectivity index (χ0n) is 16.6. The number of esters is 1. The van der Waals surface area contributed by atoms with Gasteiger partial charge < -0.3 is 14.8 Å². The van der Waals surface area contributed by atoms with Gasteiger partial charge >= 0.3 is 5.97 Å². The summed E-state index contributed by atoms with van der Waals surface area (Å²) in [4.78, 5) is 43.0. The van der Waals surface area contributed by atoms with Crippen molar-refractivity contribution in [2.75, 3.05) is 25.6 Å². The van der Waals surface area contributed by atoms with Crippen molar-refractivity contribution in [3.05, 3.63) is 55.9 Å². The largest absolute Gasteiger partial charge is 0.459 e. The van der Waals surface area contributed by atoms with Crippen molar-refractivity contribution >= 4 is 55.0 Å². The molecule has 30 heavy (non-hydrogen) atoms. The molecule has 0 radical (unpaired) electrons. The molecular weight excluding hydrogens is 474 g/mol. The molecule has 2 aromatic heterocycles. The summed E-state index contributed by atoms with van der Waals surface area (Å²) >= 11 is 4.43. The van der Waals surface area contributed by atoms with Crippen molar-refractivity contribution in [3.8, 4) is 0 Å². The Kier molecular flexibility index (Phi) is 7.01. The molecule has 1 amide bonds. The molecular formula is C20H20BrN3O5S. The van der Waals surface area contributed by atoms with E-state index in [-0.39, 0.29) is 24.7 Å². The van der Waals surface area contributed by atoms with Gasteiger partial charge in [-0.3, -0.25) is 14.2 Å². The first kappa shape index (κ1) is 22.1. The summed E-state index contributed by atoms with van der Waals surface area (Å²) in [7, 11) is 1.51. The molecule has 0 aliphatic heterocycles. The number of rotatable bonds is 7. The van der Waals surface area contributed by atoms with Gasteiger partial charge in [-0.25, -0.2) is 9.78 Å². The average Bonchev–Trinajstić information content (AvgIpc) is 3.07. The molecule has 158 valence electrons. The molecule has 8 nitrogen and oxygen atoms in total. The molecule has 1 N–H and O–H groups in total. The van der Waals surface area contributed by atoms with Crippen LogP contribution in [0.5, 0.6) is 0 Å². The minimum atomic E-state index is -0.797. The summed E-state index contributed by atoms with van der Waals surface area (Å²) in [5.74, 6) is -0.882. The highest BCUT2D eigenvalue weighted by Crippen LogP contribution is 2.28. The van der Waals surface area contributed by atoms with E-state index in [2.05, 4.69) is 26.2 Å². The fourth-order valence-electron chi connectivity index (χ4n) is 2.80. The number of aryl methyl sites for hydroxylation is 1. The van der Waals surface area contributed by atoms with Crippen LogP contribution in [-0.2, 0) is 14.3 Å². The summed E-state index contributed by atoms with van der Waals surface area (Å²) in [5.41, 5.74) is 0.720. The third-order valence-electron chi connectivity index (χ3n) is 4.49. The number of aromatic nitrogens is 2. The van der Waals surface area contributed by atoms with Gasteiger partial charge in [0.1, 0.15) is 22.4 Å². The number of carbonyl (C=O) groups is 2. The zero-order chi connectivity index (χ0) is 21.8. The van der Waals surface area contributed by atoms with E-state index in [9.17, 15) is 14.4 Å². The normalized spacial score (nSPS) is 12.0. The molecule has 0 saturated carbocycles. The van der Waals surface area contributed by atoms with Gasteiger partial charge in [0.15, 0.2) is 0 Å². The van der Waals surface area contributed by atoms with Crippen molar-refractivity contribution in [3.63, 3.8) is 0 Å². The van der Waals surface area contributed by atoms with Gasteiger partial charge in [-0.05, 0) is 43.7 Å². The van der Waals surface area contributed by atoms with Crippen molar-refractivity contribution in [2.24, 2.45) is 0 Å². The van der Waals surface area contributed by atoms with Crippen LogP contribution in [0.15, 0.2) is 39.9 Å². The number of fused-ring (bicyclic) bond motifs is 1. The summed E-state index contributed by atoms with van der Waals surface area (Å²) < 4.78 is 12.2. The molecule has 1 atom stereocenters. The number of anilines is 1. The number of benzene rings is 1.